The van der Waals surface area contributed by atoms with E-state index in [1.165, 1.54) is 11.8 Å². The lowest BCUT2D eigenvalue weighted by molar-refractivity contribution is 0.420. The van der Waals surface area contributed by atoms with Gasteiger partial charge in [0.05, 0.1) is 11.4 Å². The van der Waals surface area contributed by atoms with Crippen LogP contribution >= 0.6 is 11.8 Å². The molecule has 0 amide bonds. The lowest BCUT2D eigenvalue weighted by Crippen LogP contribution is -2.37. The maximum absolute atomic E-state index is 8.27. The van der Waals surface area contributed by atoms with E-state index in [0.717, 1.165) is 58.7 Å². The standard InChI is InChI=1S/C18H22N6S/c1-11-17-13(10-24(2)23-17)7-15(22-11)16-8-12(18(19)25-16)9-21-14-3-5-20-6-4-14/h7-10,14,19-21H,3-6H2,1-2H3/b12-9-,19-18?. The average Bonchev–Trinajstić information content (AvgIpc) is 3.16. The molecule has 6 nitrogen and oxygen atoms in total. The number of rotatable bonds is 3. The van der Waals surface area contributed by atoms with Crippen LogP contribution in [0.15, 0.2) is 30.1 Å². The van der Waals surface area contributed by atoms with E-state index in [0.29, 0.717) is 11.1 Å². The van der Waals surface area contributed by atoms with E-state index in [4.69, 9.17) is 10.4 Å². The molecule has 1 fully saturated rings. The Morgan fingerprint density at radius 2 is 2.20 bits per heavy atom. The number of hydrogen-bond acceptors (Lipinski definition) is 6. The molecule has 0 radical (unpaired) electrons. The first kappa shape index (κ1) is 16.4. The van der Waals surface area contributed by atoms with Crippen molar-refractivity contribution in [3.8, 4) is 0 Å². The summed E-state index contributed by atoms with van der Waals surface area (Å²) in [5, 5.41) is 21.2. The molecule has 4 heterocycles. The number of hydrogen-bond donors (Lipinski definition) is 3. The average molecular weight is 354 g/mol. The summed E-state index contributed by atoms with van der Waals surface area (Å²) < 4.78 is 1.82. The molecule has 3 N–H and O–H groups in total. The first-order valence-corrected chi connectivity index (χ1v) is 9.38. The van der Waals surface area contributed by atoms with Gasteiger partial charge in [0.25, 0.3) is 0 Å². The fourth-order valence-electron chi connectivity index (χ4n) is 3.27. The number of nitrogens with zero attached hydrogens (tertiary/aromatic N) is 3. The van der Waals surface area contributed by atoms with Crippen LogP contribution < -0.4 is 10.6 Å². The Bertz CT molecular complexity index is 888. The number of piperidine rings is 1. The molecule has 0 saturated carbocycles. The van der Waals surface area contributed by atoms with Gasteiger partial charge in [0, 0.05) is 41.4 Å². The predicted molar refractivity (Wildman–Crippen MR) is 104 cm³/mol. The third kappa shape index (κ3) is 3.34. The molecule has 25 heavy (non-hydrogen) atoms. The van der Waals surface area contributed by atoms with Gasteiger partial charge in [-0.1, -0.05) is 11.8 Å². The van der Waals surface area contributed by atoms with Crippen molar-refractivity contribution in [3.63, 3.8) is 0 Å². The zero-order valence-electron chi connectivity index (χ0n) is 14.5. The first-order valence-electron chi connectivity index (χ1n) is 8.57. The van der Waals surface area contributed by atoms with E-state index < -0.39 is 0 Å². The minimum Gasteiger partial charge on any atom is -0.388 e. The Hall–Kier alpha value is -2.12. The van der Waals surface area contributed by atoms with Crippen molar-refractivity contribution in [2.45, 2.75) is 25.8 Å². The van der Waals surface area contributed by atoms with E-state index in [-0.39, 0.29) is 0 Å². The number of aromatic nitrogens is 3. The molecule has 7 heteroatoms. The molecule has 2 aliphatic heterocycles. The normalized spacial score (nSPS) is 20.5. The Kier molecular flexibility index (Phi) is 4.35. The van der Waals surface area contributed by atoms with E-state index in [9.17, 15) is 0 Å². The summed E-state index contributed by atoms with van der Waals surface area (Å²) in [6, 6.07) is 2.56. The summed E-state index contributed by atoms with van der Waals surface area (Å²) in [6.45, 7) is 4.10. The molecular formula is C18H22N6S. The van der Waals surface area contributed by atoms with Crippen LogP contribution in [-0.4, -0.2) is 38.9 Å². The molecule has 0 bridgehead atoms. The van der Waals surface area contributed by atoms with Crippen molar-refractivity contribution < 1.29 is 0 Å². The van der Waals surface area contributed by atoms with Gasteiger partial charge < -0.3 is 10.6 Å². The van der Waals surface area contributed by atoms with Crippen LogP contribution in [0.5, 0.6) is 0 Å². The van der Waals surface area contributed by atoms with Crippen LogP contribution in [0.2, 0.25) is 0 Å². The molecule has 4 rings (SSSR count). The topological polar surface area (TPSA) is 78.6 Å². The highest BCUT2D eigenvalue weighted by Gasteiger charge is 2.21. The van der Waals surface area contributed by atoms with Crippen molar-refractivity contribution in [1.82, 2.24) is 25.4 Å². The highest BCUT2D eigenvalue weighted by atomic mass is 32.2. The van der Waals surface area contributed by atoms with Gasteiger partial charge in [-0.05, 0) is 45.0 Å². The number of fused-ring (bicyclic) bond motifs is 1. The lowest BCUT2D eigenvalue weighted by Gasteiger charge is -2.22. The van der Waals surface area contributed by atoms with E-state index in [2.05, 4.69) is 27.9 Å². The second-order valence-electron chi connectivity index (χ2n) is 6.56. The number of thioether (sulfide) groups is 1. The van der Waals surface area contributed by atoms with Gasteiger partial charge in [-0.3, -0.25) is 15.1 Å². The molecule has 0 atom stereocenters. The van der Waals surface area contributed by atoms with Crippen LogP contribution in [0.4, 0.5) is 0 Å². The largest absolute Gasteiger partial charge is 0.388 e. The van der Waals surface area contributed by atoms with Crippen molar-refractivity contribution in [2.24, 2.45) is 7.05 Å². The highest BCUT2D eigenvalue weighted by molar-refractivity contribution is 8.22. The molecule has 1 saturated heterocycles. The third-order valence-corrected chi connectivity index (χ3v) is 5.59. The minimum absolute atomic E-state index is 0.496. The van der Waals surface area contributed by atoms with Gasteiger partial charge in [0.15, 0.2) is 0 Å². The first-order chi connectivity index (χ1) is 12.1. The summed E-state index contributed by atoms with van der Waals surface area (Å²) in [4.78, 5) is 5.72. The van der Waals surface area contributed by atoms with E-state index >= 15 is 0 Å². The predicted octanol–water partition coefficient (Wildman–Crippen LogP) is 2.57. The second kappa shape index (κ2) is 6.65. The number of aryl methyl sites for hydroxylation is 2. The Balaban J connectivity index is 1.59. The smallest absolute Gasteiger partial charge is 0.114 e. The zero-order valence-corrected chi connectivity index (χ0v) is 15.3. The van der Waals surface area contributed by atoms with E-state index in [1.54, 1.807) is 0 Å². The van der Waals surface area contributed by atoms with Gasteiger partial charge >= 0.3 is 0 Å². The van der Waals surface area contributed by atoms with Crippen LogP contribution in [0, 0.1) is 12.3 Å². The maximum Gasteiger partial charge on any atom is 0.114 e. The quantitative estimate of drug-likeness (QED) is 0.789. The summed E-state index contributed by atoms with van der Waals surface area (Å²) >= 11 is 1.47. The second-order valence-corrected chi connectivity index (χ2v) is 7.62. The fraction of sp³-hybridized carbons (Fsp3) is 0.389. The zero-order chi connectivity index (χ0) is 17.4. The summed E-state index contributed by atoms with van der Waals surface area (Å²) in [5.41, 5.74) is 3.71. The third-order valence-electron chi connectivity index (χ3n) is 4.61. The molecular weight excluding hydrogens is 332 g/mol. The minimum atomic E-state index is 0.496. The van der Waals surface area contributed by atoms with E-state index in [1.807, 2.05) is 31.1 Å². The lowest BCUT2D eigenvalue weighted by atomic mass is 10.1. The van der Waals surface area contributed by atoms with Crippen LogP contribution in [-0.2, 0) is 7.05 Å². The highest BCUT2D eigenvalue weighted by Crippen LogP contribution is 2.38. The molecule has 0 aromatic carbocycles. The van der Waals surface area contributed by atoms with Gasteiger partial charge in [-0.15, -0.1) is 0 Å². The maximum atomic E-state index is 8.27. The number of pyridine rings is 1. The SMILES string of the molecule is Cc1nc(C2=C/C(=C/NC3CCNCC3)C(=N)S2)cc2cn(C)nc12. The summed E-state index contributed by atoms with van der Waals surface area (Å²) in [6.07, 6.45) is 8.31. The number of allylic oxidation sites excluding steroid dienone is 1. The van der Waals surface area contributed by atoms with Gasteiger partial charge in [0.2, 0.25) is 0 Å². The van der Waals surface area contributed by atoms with Crippen molar-refractivity contribution in [2.75, 3.05) is 13.1 Å². The van der Waals surface area contributed by atoms with Gasteiger partial charge in [-0.2, -0.15) is 5.10 Å². The Labute approximate surface area is 151 Å². The van der Waals surface area contributed by atoms with Gasteiger partial charge in [-0.25, -0.2) is 0 Å². The van der Waals surface area contributed by atoms with Crippen LogP contribution in [0.25, 0.3) is 15.8 Å². The summed E-state index contributed by atoms with van der Waals surface area (Å²) in [5.74, 6) is 0. The Morgan fingerprint density at radius 3 is 3.00 bits per heavy atom. The van der Waals surface area contributed by atoms with Gasteiger partial charge in [0.1, 0.15) is 10.6 Å². The van der Waals surface area contributed by atoms with Crippen molar-refractivity contribution in [1.29, 1.82) is 5.41 Å². The monoisotopic (exact) mass is 354 g/mol. The molecule has 2 aromatic heterocycles. The molecule has 0 unspecified atom stereocenters. The molecule has 0 spiro atoms. The molecule has 130 valence electrons. The summed E-state index contributed by atoms with van der Waals surface area (Å²) in [7, 11) is 1.92. The molecule has 2 aromatic rings. The number of nitrogens with one attached hydrogen (secondary N) is 3. The molecule has 2 aliphatic rings. The van der Waals surface area contributed by atoms with Crippen LogP contribution in [0.3, 0.4) is 0 Å². The molecule has 0 aliphatic carbocycles. The fourth-order valence-corrected chi connectivity index (χ4v) is 4.12. The van der Waals surface area contributed by atoms with Crippen LogP contribution in [0.1, 0.15) is 24.2 Å². The van der Waals surface area contributed by atoms with Crippen molar-refractivity contribution >= 4 is 32.6 Å². The van der Waals surface area contributed by atoms with Crippen molar-refractivity contribution in [3.05, 3.63) is 41.5 Å². The Morgan fingerprint density at radius 1 is 1.40 bits per heavy atom.